The molecule has 0 atom stereocenters. The average Bonchev–Trinajstić information content (AvgIpc) is 2.85. The lowest BCUT2D eigenvalue weighted by Crippen LogP contribution is -3.00. The largest absolute Gasteiger partial charge is 1.00 e. The van der Waals surface area contributed by atoms with Gasteiger partial charge in [-0.25, -0.2) is 0 Å². The van der Waals surface area contributed by atoms with Crippen LogP contribution in [0.3, 0.4) is 0 Å². The van der Waals surface area contributed by atoms with Crippen LogP contribution in [0.2, 0.25) is 6.04 Å². The van der Waals surface area contributed by atoms with E-state index in [-0.39, 0.29) is 12.4 Å². The van der Waals surface area contributed by atoms with Crippen LogP contribution in [0.15, 0.2) is 0 Å². The number of hydrogen-bond acceptors (Lipinski definition) is 3. The predicted molar refractivity (Wildman–Crippen MR) is 153 cm³/mol. The first-order chi connectivity index (χ1) is 16.1. The van der Waals surface area contributed by atoms with Crippen LogP contribution in [0.25, 0.3) is 0 Å². The molecule has 3 nitrogen and oxygen atoms in total. The van der Waals surface area contributed by atoms with Crippen LogP contribution in [-0.2, 0) is 13.3 Å². The predicted octanol–water partition coefficient (Wildman–Crippen LogP) is 6.58. The molecule has 0 saturated heterocycles. The second-order valence-electron chi connectivity index (χ2n) is 10.1. The molecule has 0 N–H and O–H groups in total. The van der Waals surface area contributed by atoms with Gasteiger partial charge in [0.25, 0.3) is 0 Å². The van der Waals surface area contributed by atoms with E-state index in [4.69, 9.17) is 13.3 Å². The highest BCUT2D eigenvalue weighted by Crippen LogP contribution is 2.59. The zero-order valence-corrected chi connectivity index (χ0v) is 26.8. The van der Waals surface area contributed by atoms with Crippen LogP contribution < -0.4 is 12.4 Å². The highest BCUT2D eigenvalue weighted by molar-refractivity contribution is 7.75. The standard InChI is InChI=1S/C28H62O3PSi.ClH/c1-7-10-11-12-13-14-15-16-17-18-19-20-21-22-23-24-26-32(8-2,9-3)27-25-28-33(29-4,30-5)31-6;/h7-28H2,1-6H3;1H/q+1;/p-1. The number of unbranched alkanes of at least 4 members (excludes halogenated alkanes) is 15. The molecule has 0 aliphatic rings. The molecule has 0 heterocycles. The topological polar surface area (TPSA) is 27.7 Å². The first-order valence-electron chi connectivity index (χ1n) is 14.6. The van der Waals surface area contributed by atoms with Crippen LogP contribution in [-0.4, -0.2) is 54.8 Å². The fourth-order valence-corrected chi connectivity index (χ4v) is 10.8. The zero-order valence-electron chi connectivity index (χ0n) is 24.1. The molecule has 0 rings (SSSR count). The fraction of sp³-hybridized carbons (Fsp3) is 1.00. The van der Waals surface area contributed by atoms with Gasteiger partial charge in [0, 0.05) is 34.6 Å². The Kier molecular flexibility index (Phi) is 27.7. The molecule has 0 amide bonds. The van der Waals surface area contributed by atoms with Crippen LogP contribution >= 0.6 is 7.26 Å². The average molecular weight is 541 g/mol. The smallest absolute Gasteiger partial charge is 0.500 e. The van der Waals surface area contributed by atoms with Crippen molar-refractivity contribution in [3.63, 3.8) is 0 Å². The molecule has 208 valence electrons. The van der Waals surface area contributed by atoms with E-state index in [1.807, 2.05) is 0 Å². The van der Waals surface area contributed by atoms with E-state index in [2.05, 4.69) is 20.8 Å². The van der Waals surface area contributed by atoms with Crippen molar-refractivity contribution in [1.29, 1.82) is 0 Å². The van der Waals surface area contributed by atoms with Gasteiger partial charge in [-0.05, 0) is 33.1 Å². The molecule has 0 aromatic heterocycles. The lowest BCUT2D eigenvalue weighted by Gasteiger charge is -2.28. The van der Waals surface area contributed by atoms with Gasteiger partial charge in [-0.15, -0.1) is 0 Å². The van der Waals surface area contributed by atoms with Crippen molar-refractivity contribution < 1.29 is 25.7 Å². The van der Waals surface area contributed by atoms with Gasteiger partial charge in [0.2, 0.25) is 0 Å². The fourth-order valence-electron chi connectivity index (χ4n) is 5.15. The van der Waals surface area contributed by atoms with E-state index in [1.165, 1.54) is 134 Å². The van der Waals surface area contributed by atoms with E-state index in [1.54, 1.807) is 21.3 Å². The zero-order chi connectivity index (χ0) is 24.7. The summed E-state index contributed by atoms with van der Waals surface area (Å²) in [6.45, 7) is 7.16. The summed E-state index contributed by atoms with van der Waals surface area (Å²) in [5.41, 5.74) is 0. The van der Waals surface area contributed by atoms with E-state index in [0.29, 0.717) is 0 Å². The maximum atomic E-state index is 5.62. The highest BCUT2D eigenvalue weighted by Gasteiger charge is 2.40. The summed E-state index contributed by atoms with van der Waals surface area (Å²) < 4.78 is 16.9. The Bertz CT molecular complexity index is 399. The number of hydrogen-bond donors (Lipinski definition) is 0. The summed E-state index contributed by atoms with van der Waals surface area (Å²) >= 11 is 0. The number of rotatable bonds is 26. The molecule has 0 saturated carbocycles. The molecule has 0 unspecified atom stereocenters. The van der Waals surface area contributed by atoms with E-state index < -0.39 is 16.1 Å². The van der Waals surface area contributed by atoms with Gasteiger partial charge in [-0.1, -0.05) is 96.8 Å². The monoisotopic (exact) mass is 540 g/mol. The van der Waals surface area contributed by atoms with Crippen molar-refractivity contribution in [2.45, 2.75) is 136 Å². The number of halogens is 1. The normalized spacial score (nSPS) is 12.2. The summed E-state index contributed by atoms with van der Waals surface area (Å²) in [7, 11) is 1.99. The van der Waals surface area contributed by atoms with E-state index in [9.17, 15) is 0 Å². The van der Waals surface area contributed by atoms with Gasteiger partial charge >= 0.3 is 8.80 Å². The molecular weight excluding hydrogens is 479 g/mol. The third kappa shape index (κ3) is 18.1. The second kappa shape index (κ2) is 25.5. The lowest BCUT2D eigenvalue weighted by molar-refractivity contribution is -0.0000120. The first-order valence-corrected chi connectivity index (χ1v) is 19.0. The molecule has 0 aliphatic heterocycles. The van der Waals surface area contributed by atoms with Crippen LogP contribution in [0, 0.1) is 0 Å². The van der Waals surface area contributed by atoms with Gasteiger partial charge in [0.05, 0.1) is 24.6 Å². The molecule has 0 radical (unpaired) electrons. The SMILES string of the molecule is CCCCCCCCCCCCCCCCCC[P+](CC)(CC)CCC[Si](OC)(OC)OC.[Cl-]. The van der Waals surface area contributed by atoms with Crippen molar-refractivity contribution in [2.75, 3.05) is 46.0 Å². The van der Waals surface area contributed by atoms with Crippen molar-refractivity contribution in [2.24, 2.45) is 0 Å². The summed E-state index contributed by atoms with van der Waals surface area (Å²) in [6, 6.07) is 0.956. The quantitative estimate of drug-likeness (QED) is 0.0704. The third-order valence-electron chi connectivity index (χ3n) is 7.88. The minimum atomic E-state index is -2.40. The van der Waals surface area contributed by atoms with Crippen molar-refractivity contribution in [1.82, 2.24) is 0 Å². The van der Waals surface area contributed by atoms with E-state index in [0.717, 1.165) is 6.04 Å². The Morgan fingerprint density at radius 1 is 0.471 bits per heavy atom. The van der Waals surface area contributed by atoms with Gasteiger partial charge in [-0.2, -0.15) is 0 Å². The van der Waals surface area contributed by atoms with Crippen molar-refractivity contribution in [3.8, 4) is 0 Å². The van der Waals surface area contributed by atoms with Crippen LogP contribution in [0.4, 0.5) is 0 Å². The van der Waals surface area contributed by atoms with E-state index >= 15 is 0 Å². The Morgan fingerprint density at radius 2 is 0.794 bits per heavy atom. The van der Waals surface area contributed by atoms with Gasteiger partial charge in [0.15, 0.2) is 0 Å². The summed E-state index contributed by atoms with van der Waals surface area (Å²) in [4.78, 5) is 0. The minimum Gasteiger partial charge on any atom is -1.00 e. The Labute approximate surface area is 223 Å². The van der Waals surface area contributed by atoms with Gasteiger partial charge in [-0.3, -0.25) is 0 Å². The molecule has 0 fully saturated rings. The Morgan fingerprint density at radius 3 is 1.12 bits per heavy atom. The Hall–Kier alpha value is 0.817. The third-order valence-corrected chi connectivity index (χ3v) is 15.9. The molecule has 0 aromatic carbocycles. The minimum absolute atomic E-state index is 0. The molecule has 0 aliphatic carbocycles. The summed E-state index contributed by atoms with van der Waals surface area (Å²) in [6.07, 6.45) is 30.0. The molecule has 0 spiro atoms. The Balaban J connectivity index is 0. The maximum absolute atomic E-state index is 5.62. The van der Waals surface area contributed by atoms with Gasteiger partial charge < -0.3 is 25.7 Å². The maximum Gasteiger partial charge on any atom is 0.500 e. The van der Waals surface area contributed by atoms with Crippen LogP contribution in [0.5, 0.6) is 0 Å². The molecular formula is C28H62ClO3PSi. The lowest BCUT2D eigenvalue weighted by atomic mass is 10.0. The molecule has 0 aromatic rings. The van der Waals surface area contributed by atoms with Gasteiger partial charge in [0.1, 0.15) is 0 Å². The summed E-state index contributed by atoms with van der Waals surface area (Å²) in [5, 5.41) is 0. The van der Waals surface area contributed by atoms with Crippen molar-refractivity contribution in [3.05, 3.63) is 0 Å². The molecule has 6 heteroatoms. The van der Waals surface area contributed by atoms with Crippen molar-refractivity contribution >= 4 is 16.1 Å². The first kappa shape index (κ1) is 37.0. The van der Waals surface area contributed by atoms with Crippen LogP contribution in [0.1, 0.15) is 130 Å². The molecule has 34 heavy (non-hydrogen) atoms. The second-order valence-corrected chi connectivity index (χ2v) is 18.1. The highest BCUT2D eigenvalue weighted by atomic mass is 35.5. The summed E-state index contributed by atoms with van der Waals surface area (Å²) in [5.74, 6) is 0. The molecule has 0 bridgehead atoms.